The van der Waals surface area contributed by atoms with Gasteiger partial charge >= 0.3 is 12.1 Å². The third-order valence-electron chi connectivity index (χ3n) is 6.10. The number of ether oxygens (including phenoxy) is 3. The monoisotopic (exact) mass is 651 g/mol. The van der Waals surface area contributed by atoms with E-state index in [9.17, 15) is 24.0 Å². The molecule has 2 aromatic rings. The fraction of sp³-hybridized carbons (Fsp3) is 0.414. The summed E-state index contributed by atoms with van der Waals surface area (Å²) in [7, 11) is 1.13. The topological polar surface area (TPSA) is 164 Å². The predicted molar refractivity (Wildman–Crippen MR) is 164 cm³/mol. The Morgan fingerprint density at radius 2 is 1.64 bits per heavy atom. The molecule has 0 aromatic heterocycles. The molecule has 44 heavy (non-hydrogen) atoms. The first kappa shape index (κ1) is 34.4. The number of carbonyl (C=O) groups excluding carboxylic acids is 5. The van der Waals surface area contributed by atoms with Crippen LogP contribution < -0.4 is 26.2 Å². The molecule has 4 amide bonds. The Labute approximate surface area is 264 Å². The molecule has 1 fully saturated rings. The second-order valence-corrected chi connectivity index (χ2v) is 11.4. The maximum Gasteiger partial charge on any atom is 0.412 e. The van der Waals surface area contributed by atoms with E-state index in [1.807, 2.05) is 4.90 Å². The number of carbonyl (C=O) groups is 5. The lowest BCUT2D eigenvalue weighted by Crippen LogP contribution is -2.50. The van der Waals surface area contributed by atoms with Gasteiger partial charge in [0.15, 0.2) is 0 Å². The molecule has 15 heteroatoms. The normalized spacial score (nSPS) is 13.7. The number of morpholine rings is 1. The number of anilines is 2. The third-order valence-corrected chi connectivity index (χ3v) is 6.70. The Kier molecular flexibility index (Phi) is 12.2. The van der Waals surface area contributed by atoms with Crippen molar-refractivity contribution < 1.29 is 38.2 Å². The van der Waals surface area contributed by atoms with E-state index in [0.717, 1.165) is 12.8 Å². The Bertz CT molecular complexity index is 1370. The largest absolute Gasteiger partial charge is 0.467 e. The molecule has 0 saturated carbocycles. The number of nitrogens with zero attached hydrogens (tertiary/aromatic N) is 1. The zero-order valence-electron chi connectivity index (χ0n) is 24.8. The summed E-state index contributed by atoms with van der Waals surface area (Å²) in [6, 6.07) is 7.98. The molecule has 1 atom stereocenters. The zero-order chi connectivity index (χ0) is 32.4. The van der Waals surface area contributed by atoms with E-state index in [0.29, 0.717) is 32.0 Å². The van der Waals surface area contributed by atoms with Gasteiger partial charge in [-0.2, -0.15) is 0 Å². The lowest BCUT2D eigenvalue weighted by molar-refractivity contribution is -0.142. The molecule has 1 saturated heterocycles. The maximum absolute atomic E-state index is 13.1. The lowest BCUT2D eigenvalue weighted by Gasteiger charge is -2.29. The van der Waals surface area contributed by atoms with Crippen LogP contribution in [0.15, 0.2) is 36.4 Å². The minimum atomic E-state index is -1.28. The summed E-state index contributed by atoms with van der Waals surface area (Å²) >= 11 is 12.8. The number of esters is 1. The summed E-state index contributed by atoms with van der Waals surface area (Å²) in [5, 5.41) is 10.1. The van der Waals surface area contributed by atoms with Gasteiger partial charge in [-0.05, 0) is 51.1 Å². The van der Waals surface area contributed by atoms with Gasteiger partial charge in [-0.3, -0.25) is 19.7 Å². The van der Waals surface area contributed by atoms with Crippen LogP contribution in [-0.4, -0.2) is 87.9 Å². The summed E-state index contributed by atoms with van der Waals surface area (Å²) in [4.78, 5) is 64.5. The van der Waals surface area contributed by atoms with Gasteiger partial charge in [-0.15, -0.1) is 0 Å². The van der Waals surface area contributed by atoms with Crippen molar-refractivity contribution in [2.75, 3.05) is 56.7 Å². The van der Waals surface area contributed by atoms with E-state index in [1.54, 1.807) is 45.0 Å². The number of nitrogens with one attached hydrogen (secondary N) is 4. The van der Waals surface area contributed by atoms with Crippen LogP contribution in [0.1, 0.15) is 41.5 Å². The van der Waals surface area contributed by atoms with Crippen molar-refractivity contribution in [1.82, 2.24) is 16.0 Å². The Morgan fingerprint density at radius 3 is 2.25 bits per heavy atom. The molecular formula is C29H35Cl2N5O8. The fourth-order valence-corrected chi connectivity index (χ4v) is 4.69. The first-order valence-electron chi connectivity index (χ1n) is 13.6. The Morgan fingerprint density at radius 1 is 0.977 bits per heavy atom. The predicted octanol–water partition coefficient (Wildman–Crippen LogP) is 2.99. The number of amides is 4. The van der Waals surface area contributed by atoms with Crippen molar-refractivity contribution in [3.63, 3.8) is 0 Å². The van der Waals surface area contributed by atoms with Crippen molar-refractivity contribution in [3.05, 3.63) is 57.6 Å². The lowest BCUT2D eigenvalue weighted by atomic mass is 10.1. The first-order chi connectivity index (χ1) is 20.8. The standard InChI is InChI=1S/C29H35Cl2N5O8/c1-29(2,3)44-28(41)34-18-7-5-6-17(12-18)25(38)33-16-23(37)32-15-22(27(40)42-4)35-26(39)24-20(30)13-19(14-21(24)31)36-8-10-43-11-9-36/h5-7,12-14,22H,8-11,15-16H2,1-4H3,(H,32,37)(H,33,38)(H,34,41)(H,35,39)/t22-/m0/s1. The number of halogens is 2. The first-order valence-corrected chi connectivity index (χ1v) is 14.4. The van der Waals surface area contributed by atoms with E-state index < -0.39 is 48.0 Å². The highest BCUT2D eigenvalue weighted by molar-refractivity contribution is 6.40. The number of hydrogen-bond acceptors (Lipinski definition) is 9. The van der Waals surface area contributed by atoms with Gasteiger partial charge in [0.1, 0.15) is 11.6 Å². The van der Waals surface area contributed by atoms with Gasteiger partial charge in [0.2, 0.25) is 5.91 Å². The molecule has 238 valence electrons. The van der Waals surface area contributed by atoms with Crippen LogP contribution >= 0.6 is 23.2 Å². The molecule has 1 aliphatic rings. The molecule has 0 unspecified atom stereocenters. The number of benzene rings is 2. The molecule has 0 bridgehead atoms. The summed E-state index contributed by atoms with van der Waals surface area (Å²) < 4.78 is 15.3. The number of methoxy groups -OCH3 is 1. The molecule has 4 N–H and O–H groups in total. The van der Waals surface area contributed by atoms with Crippen LogP contribution in [0.4, 0.5) is 16.2 Å². The summed E-state index contributed by atoms with van der Waals surface area (Å²) in [5.41, 5.74) is 0.492. The smallest absolute Gasteiger partial charge is 0.412 e. The number of rotatable bonds is 10. The minimum Gasteiger partial charge on any atom is -0.467 e. The molecule has 3 rings (SSSR count). The van der Waals surface area contributed by atoms with Gasteiger partial charge in [-0.1, -0.05) is 29.3 Å². The van der Waals surface area contributed by atoms with Gasteiger partial charge in [0, 0.05) is 36.6 Å². The van der Waals surface area contributed by atoms with E-state index in [-0.39, 0.29) is 27.7 Å². The van der Waals surface area contributed by atoms with E-state index in [4.69, 9.17) is 37.4 Å². The van der Waals surface area contributed by atoms with Crippen LogP contribution in [-0.2, 0) is 23.8 Å². The van der Waals surface area contributed by atoms with Gasteiger partial charge in [0.25, 0.3) is 11.8 Å². The average Bonchev–Trinajstić information content (AvgIpc) is 2.96. The van der Waals surface area contributed by atoms with Crippen molar-refractivity contribution in [2.45, 2.75) is 32.4 Å². The minimum absolute atomic E-state index is 0.0405. The van der Waals surface area contributed by atoms with Crippen LogP contribution in [0.2, 0.25) is 10.0 Å². The van der Waals surface area contributed by atoms with Gasteiger partial charge in [0.05, 0.1) is 42.5 Å². The second kappa shape index (κ2) is 15.6. The van der Waals surface area contributed by atoms with E-state index in [2.05, 4.69) is 21.3 Å². The molecule has 0 radical (unpaired) electrons. The van der Waals surface area contributed by atoms with Gasteiger partial charge in [-0.25, -0.2) is 9.59 Å². The SMILES string of the molecule is COC(=O)[C@H](CNC(=O)CNC(=O)c1cccc(NC(=O)OC(C)(C)C)c1)NC(=O)c1c(Cl)cc(N2CCOCC2)cc1Cl. The highest BCUT2D eigenvalue weighted by atomic mass is 35.5. The highest BCUT2D eigenvalue weighted by Gasteiger charge is 2.26. The molecular weight excluding hydrogens is 617 g/mol. The zero-order valence-corrected chi connectivity index (χ0v) is 26.3. The van der Waals surface area contributed by atoms with Crippen LogP contribution in [0, 0.1) is 0 Å². The molecule has 0 spiro atoms. The van der Waals surface area contributed by atoms with E-state index >= 15 is 0 Å². The third kappa shape index (κ3) is 10.3. The molecule has 2 aromatic carbocycles. The van der Waals surface area contributed by atoms with Crippen molar-refractivity contribution >= 4 is 64.4 Å². The summed E-state index contributed by atoms with van der Waals surface area (Å²) in [5.74, 6) is -2.80. The van der Waals surface area contributed by atoms with Crippen LogP contribution in [0.25, 0.3) is 0 Å². The van der Waals surface area contributed by atoms with Crippen molar-refractivity contribution in [2.24, 2.45) is 0 Å². The molecule has 13 nitrogen and oxygen atoms in total. The fourth-order valence-electron chi connectivity index (χ4n) is 4.05. The Balaban J connectivity index is 1.55. The Hall–Kier alpha value is -4.07. The van der Waals surface area contributed by atoms with Crippen molar-refractivity contribution in [1.29, 1.82) is 0 Å². The van der Waals surface area contributed by atoms with Crippen LogP contribution in [0.3, 0.4) is 0 Å². The number of hydrogen-bond donors (Lipinski definition) is 4. The summed E-state index contributed by atoms with van der Waals surface area (Å²) in [6.45, 7) is 6.76. The van der Waals surface area contributed by atoms with E-state index in [1.165, 1.54) is 12.1 Å². The highest BCUT2D eigenvalue weighted by Crippen LogP contribution is 2.31. The quantitative estimate of drug-likeness (QED) is 0.283. The molecule has 0 aliphatic carbocycles. The maximum atomic E-state index is 13.1. The van der Waals surface area contributed by atoms with Crippen LogP contribution in [0.5, 0.6) is 0 Å². The summed E-state index contributed by atoms with van der Waals surface area (Å²) in [6.07, 6.45) is -0.684. The molecule has 1 aliphatic heterocycles. The average molecular weight is 653 g/mol. The van der Waals surface area contributed by atoms with Crippen molar-refractivity contribution in [3.8, 4) is 0 Å². The molecule has 1 heterocycles. The second-order valence-electron chi connectivity index (χ2n) is 10.6. The van der Waals surface area contributed by atoms with Gasteiger partial charge < -0.3 is 35.1 Å².